The van der Waals surface area contributed by atoms with Gasteiger partial charge in [0.2, 0.25) is 0 Å². The molecule has 1 heterocycles. The Morgan fingerprint density at radius 2 is 1.71 bits per heavy atom. The normalized spacial score (nSPS) is 11.4. The van der Waals surface area contributed by atoms with Gasteiger partial charge in [-0.05, 0) is 41.7 Å². The molecule has 0 aliphatic heterocycles. The van der Waals surface area contributed by atoms with E-state index in [1.54, 1.807) is 19.4 Å². The molecule has 0 fully saturated rings. The zero-order valence-corrected chi connectivity index (χ0v) is 14.0. The van der Waals surface area contributed by atoms with E-state index >= 15 is 0 Å². The maximum absolute atomic E-state index is 11.8. The van der Waals surface area contributed by atoms with Gasteiger partial charge in [-0.3, -0.25) is 9.78 Å². The molecule has 0 radical (unpaired) electrons. The molecule has 0 atom stereocenters. The molecule has 3 heteroatoms. The number of rotatable bonds is 9. The number of carbonyl (C=O) groups is 1. The van der Waals surface area contributed by atoms with Gasteiger partial charge in [0.25, 0.3) is 0 Å². The van der Waals surface area contributed by atoms with Gasteiger partial charge in [0, 0.05) is 32.5 Å². The molecule has 0 aliphatic carbocycles. The van der Waals surface area contributed by atoms with E-state index in [9.17, 15) is 4.79 Å². The van der Waals surface area contributed by atoms with Gasteiger partial charge in [-0.15, -0.1) is 0 Å². The third kappa shape index (κ3) is 6.71. The van der Waals surface area contributed by atoms with Crippen molar-refractivity contribution < 1.29 is 9.53 Å². The van der Waals surface area contributed by atoms with Crippen LogP contribution in [-0.2, 0) is 9.53 Å². The third-order valence-corrected chi connectivity index (χ3v) is 3.57. The number of hydrogen-bond donors (Lipinski definition) is 0. The molecule has 0 unspecified atom stereocenters. The Hall–Kier alpha value is -2.52. The molecule has 0 N–H and O–H groups in total. The summed E-state index contributed by atoms with van der Waals surface area (Å²) in [7, 11) is 1.68. The maximum atomic E-state index is 11.8. The van der Waals surface area contributed by atoms with Crippen LogP contribution in [0, 0.1) is 0 Å². The zero-order valence-electron chi connectivity index (χ0n) is 14.0. The van der Waals surface area contributed by atoms with Crippen LogP contribution in [0.25, 0.3) is 18.2 Å². The molecule has 2 aromatic rings. The number of ether oxygens (including phenoxy) is 1. The number of ketones is 1. The molecule has 0 saturated carbocycles. The molecule has 1 aromatic heterocycles. The number of benzene rings is 1. The first-order valence-electron chi connectivity index (χ1n) is 8.16. The summed E-state index contributed by atoms with van der Waals surface area (Å²) in [4.78, 5) is 15.8. The monoisotopic (exact) mass is 321 g/mol. The molecule has 124 valence electrons. The van der Waals surface area contributed by atoms with Crippen molar-refractivity contribution in [2.75, 3.05) is 13.7 Å². The summed E-state index contributed by atoms with van der Waals surface area (Å²) in [5.41, 5.74) is 3.21. The van der Waals surface area contributed by atoms with Gasteiger partial charge in [0.05, 0.1) is 0 Å². The molecular weight excluding hydrogens is 298 g/mol. The summed E-state index contributed by atoms with van der Waals surface area (Å²) in [6.45, 7) is 0.713. The van der Waals surface area contributed by atoms with Gasteiger partial charge in [0.15, 0.2) is 5.78 Å². The van der Waals surface area contributed by atoms with Crippen molar-refractivity contribution in [3.05, 3.63) is 71.6 Å². The minimum absolute atomic E-state index is 0.159. The van der Waals surface area contributed by atoms with E-state index in [0.717, 1.165) is 29.5 Å². The first-order valence-corrected chi connectivity index (χ1v) is 8.16. The Morgan fingerprint density at radius 3 is 2.38 bits per heavy atom. The van der Waals surface area contributed by atoms with Crippen LogP contribution in [0.2, 0.25) is 0 Å². The predicted octanol–water partition coefficient (Wildman–Crippen LogP) is 4.65. The lowest BCUT2D eigenvalue weighted by Gasteiger charge is -1.98. The van der Waals surface area contributed by atoms with Gasteiger partial charge in [-0.2, -0.15) is 0 Å². The number of aromatic nitrogens is 1. The van der Waals surface area contributed by atoms with Crippen molar-refractivity contribution in [2.24, 2.45) is 0 Å². The van der Waals surface area contributed by atoms with Crippen molar-refractivity contribution >= 4 is 24.0 Å². The highest BCUT2D eigenvalue weighted by molar-refractivity contribution is 5.93. The SMILES string of the molecule is COCCCCC(=O)C=Cc1ccc(C=Cc2cccnc2)cc1. The van der Waals surface area contributed by atoms with Crippen LogP contribution in [0.1, 0.15) is 36.0 Å². The fraction of sp³-hybridized carbons (Fsp3) is 0.238. The first-order chi connectivity index (χ1) is 11.8. The number of allylic oxidation sites excluding steroid dienone is 1. The quantitative estimate of drug-likeness (QED) is 0.498. The van der Waals surface area contributed by atoms with Crippen molar-refractivity contribution in [1.29, 1.82) is 0 Å². The molecule has 0 amide bonds. The van der Waals surface area contributed by atoms with E-state index in [2.05, 4.69) is 4.98 Å². The number of methoxy groups -OCH3 is 1. The Balaban J connectivity index is 1.84. The predicted molar refractivity (Wildman–Crippen MR) is 99.4 cm³/mol. The number of nitrogens with zero attached hydrogens (tertiary/aromatic N) is 1. The maximum Gasteiger partial charge on any atom is 0.155 e. The van der Waals surface area contributed by atoms with Gasteiger partial charge in [-0.1, -0.05) is 48.6 Å². The molecular formula is C21H23NO2. The van der Waals surface area contributed by atoms with E-state index in [0.29, 0.717) is 13.0 Å². The Morgan fingerprint density at radius 1 is 1.00 bits per heavy atom. The van der Waals surface area contributed by atoms with Crippen LogP contribution in [0.15, 0.2) is 54.9 Å². The lowest BCUT2D eigenvalue weighted by atomic mass is 10.1. The van der Waals surface area contributed by atoms with Crippen LogP contribution >= 0.6 is 0 Å². The second-order valence-corrected chi connectivity index (χ2v) is 5.54. The molecule has 3 nitrogen and oxygen atoms in total. The lowest BCUT2D eigenvalue weighted by molar-refractivity contribution is -0.114. The Bertz CT molecular complexity index is 673. The second kappa shape index (κ2) is 10.3. The summed E-state index contributed by atoms with van der Waals surface area (Å²) in [5.74, 6) is 0.159. The largest absolute Gasteiger partial charge is 0.385 e. The summed E-state index contributed by atoms with van der Waals surface area (Å²) < 4.78 is 4.97. The van der Waals surface area contributed by atoms with Crippen LogP contribution in [0.5, 0.6) is 0 Å². The molecule has 24 heavy (non-hydrogen) atoms. The lowest BCUT2D eigenvalue weighted by Crippen LogP contribution is -1.95. The highest BCUT2D eigenvalue weighted by atomic mass is 16.5. The first kappa shape index (κ1) is 17.8. The minimum Gasteiger partial charge on any atom is -0.385 e. The smallest absolute Gasteiger partial charge is 0.155 e. The fourth-order valence-corrected chi connectivity index (χ4v) is 2.20. The third-order valence-electron chi connectivity index (χ3n) is 3.57. The fourth-order valence-electron chi connectivity index (χ4n) is 2.20. The zero-order chi connectivity index (χ0) is 17.0. The van der Waals surface area contributed by atoms with E-state index in [1.807, 2.05) is 60.8 Å². The summed E-state index contributed by atoms with van der Waals surface area (Å²) >= 11 is 0. The molecule has 0 aliphatic rings. The van der Waals surface area contributed by atoms with Gasteiger partial charge in [0.1, 0.15) is 0 Å². The Kier molecular flexibility index (Phi) is 7.64. The minimum atomic E-state index is 0.159. The number of pyridine rings is 1. The van der Waals surface area contributed by atoms with Gasteiger partial charge >= 0.3 is 0 Å². The molecule has 0 bridgehead atoms. The standard InChI is InChI=1S/C21H23NO2/c1-24-16-3-2-6-21(23)14-13-19-9-7-18(8-10-19)11-12-20-5-4-15-22-17-20/h4-5,7-15,17H,2-3,6,16H2,1H3. The Labute approximate surface area is 143 Å². The van der Waals surface area contributed by atoms with Gasteiger partial charge in [-0.25, -0.2) is 0 Å². The molecule has 1 aromatic carbocycles. The van der Waals surface area contributed by atoms with Crippen molar-refractivity contribution in [1.82, 2.24) is 4.98 Å². The highest BCUT2D eigenvalue weighted by Crippen LogP contribution is 2.10. The average Bonchev–Trinajstić information content (AvgIpc) is 2.63. The van der Waals surface area contributed by atoms with E-state index in [4.69, 9.17) is 4.74 Å². The topological polar surface area (TPSA) is 39.2 Å². The molecule has 0 saturated heterocycles. The second-order valence-electron chi connectivity index (χ2n) is 5.54. The van der Waals surface area contributed by atoms with E-state index in [1.165, 1.54) is 0 Å². The van der Waals surface area contributed by atoms with Crippen LogP contribution < -0.4 is 0 Å². The van der Waals surface area contributed by atoms with Crippen molar-refractivity contribution in [3.63, 3.8) is 0 Å². The summed E-state index contributed by atoms with van der Waals surface area (Å²) in [6.07, 6.45) is 13.6. The van der Waals surface area contributed by atoms with Crippen LogP contribution in [0.4, 0.5) is 0 Å². The number of carbonyl (C=O) groups excluding carboxylic acids is 1. The molecule has 0 spiro atoms. The van der Waals surface area contributed by atoms with Crippen LogP contribution in [-0.4, -0.2) is 24.5 Å². The summed E-state index contributed by atoms with van der Waals surface area (Å²) in [6, 6.07) is 12.0. The van der Waals surface area contributed by atoms with E-state index < -0.39 is 0 Å². The number of hydrogen-bond acceptors (Lipinski definition) is 3. The summed E-state index contributed by atoms with van der Waals surface area (Å²) in [5, 5.41) is 0. The van der Waals surface area contributed by atoms with Crippen molar-refractivity contribution in [3.8, 4) is 0 Å². The van der Waals surface area contributed by atoms with Crippen molar-refractivity contribution in [2.45, 2.75) is 19.3 Å². The highest BCUT2D eigenvalue weighted by Gasteiger charge is 1.97. The van der Waals surface area contributed by atoms with E-state index in [-0.39, 0.29) is 5.78 Å². The van der Waals surface area contributed by atoms with Gasteiger partial charge < -0.3 is 4.74 Å². The number of unbranched alkanes of at least 4 members (excludes halogenated alkanes) is 1. The molecule has 2 rings (SSSR count). The average molecular weight is 321 g/mol. The van der Waals surface area contributed by atoms with Crippen LogP contribution in [0.3, 0.4) is 0 Å².